The molecule has 0 aromatic heterocycles. The van der Waals surface area contributed by atoms with Crippen molar-refractivity contribution in [2.75, 3.05) is 5.32 Å². The molecule has 1 aliphatic carbocycles. The van der Waals surface area contributed by atoms with Crippen LogP contribution in [0.5, 0.6) is 0 Å². The largest absolute Gasteiger partial charge is 0.382 e. The van der Waals surface area contributed by atoms with Crippen LogP contribution < -0.4 is 5.32 Å². The molecular weight excluding hydrogens is 240 g/mol. The van der Waals surface area contributed by atoms with Crippen LogP contribution in [0.1, 0.15) is 18.9 Å². The number of rotatable bonds is 2. The van der Waals surface area contributed by atoms with Crippen molar-refractivity contribution in [2.45, 2.75) is 19.4 Å². The highest BCUT2D eigenvalue weighted by molar-refractivity contribution is 9.10. The van der Waals surface area contributed by atoms with Crippen LogP contribution >= 0.6 is 15.9 Å². The minimum absolute atomic E-state index is 0.593. The van der Waals surface area contributed by atoms with Crippen LogP contribution in [0, 0.1) is 17.2 Å². The molecule has 72 valence electrons. The number of hydrogen-bond donors (Lipinski definition) is 1. The first-order valence-electron chi connectivity index (χ1n) is 4.66. The van der Waals surface area contributed by atoms with Crippen molar-refractivity contribution < 1.29 is 0 Å². The molecule has 1 N–H and O–H groups in total. The van der Waals surface area contributed by atoms with E-state index in [1.165, 1.54) is 6.42 Å². The maximum Gasteiger partial charge on any atom is 0.0992 e. The first-order valence-corrected chi connectivity index (χ1v) is 5.45. The van der Waals surface area contributed by atoms with E-state index >= 15 is 0 Å². The van der Waals surface area contributed by atoms with Gasteiger partial charge in [-0.15, -0.1) is 0 Å². The Kier molecular flexibility index (Phi) is 2.47. The number of halogens is 1. The Bertz CT molecular complexity index is 395. The van der Waals surface area contributed by atoms with Crippen molar-refractivity contribution in [3.63, 3.8) is 0 Å². The van der Waals surface area contributed by atoms with Gasteiger partial charge < -0.3 is 5.32 Å². The normalized spacial score (nSPS) is 24.1. The highest BCUT2D eigenvalue weighted by Crippen LogP contribution is 2.33. The van der Waals surface area contributed by atoms with E-state index in [0.717, 1.165) is 16.1 Å². The molecule has 2 unspecified atom stereocenters. The van der Waals surface area contributed by atoms with Crippen LogP contribution in [0.3, 0.4) is 0 Å². The monoisotopic (exact) mass is 250 g/mol. The number of nitriles is 1. The molecular formula is C11H11BrN2. The first kappa shape index (κ1) is 9.54. The molecule has 0 amide bonds. The molecule has 0 saturated heterocycles. The lowest BCUT2D eigenvalue weighted by Crippen LogP contribution is -2.03. The smallest absolute Gasteiger partial charge is 0.0992 e. The average molecular weight is 251 g/mol. The minimum atomic E-state index is 0.593. The van der Waals surface area contributed by atoms with E-state index in [4.69, 9.17) is 5.26 Å². The molecule has 0 bridgehead atoms. The summed E-state index contributed by atoms with van der Waals surface area (Å²) in [5.74, 6) is 0.763. The quantitative estimate of drug-likeness (QED) is 0.876. The van der Waals surface area contributed by atoms with Crippen LogP contribution in [-0.4, -0.2) is 6.04 Å². The van der Waals surface area contributed by atoms with E-state index in [0.29, 0.717) is 11.6 Å². The summed E-state index contributed by atoms with van der Waals surface area (Å²) in [5.41, 5.74) is 1.72. The van der Waals surface area contributed by atoms with Gasteiger partial charge in [-0.3, -0.25) is 0 Å². The second kappa shape index (κ2) is 3.62. The molecule has 2 rings (SSSR count). The van der Waals surface area contributed by atoms with Crippen LogP contribution in [0.4, 0.5) is 5.69 Å². The second-order valence-corrected chi connectivity index (χ2v) is 4.72. The Balaban J connectivity index is 2.17. The van der Waals surface area contributed by atoms with Crippen LogP contribution in [0.15, 0.2) is 22.7 Å². The third-order valence-corrected chi connectivity index (χ3v) is 2.95. The maximum absolute atomic E-state index is 8.79. The number of anilines is 1. The summed E-state index contributed by atoms with van der Waals surface area (Å²) in [7, 11) is 0. The van der Waals surface area contributed by atoms with Crippen molar-refractivity contribution in [1.29, 1.82) is 5.26 Å². The topological polar surface area (TPSA) is 35.8 Å². The molecule has 2 nitrogen and oxygen atoms in total. The lowest BCUT2D eigenvalue weighted by molar-refractivity contribution is 0.929. The van der Waals surface area contributed by atoms with Gasteiger partial charge >= 0.3 is 0 Å². The fraction of sp³-hybridized carbons (Fsp3) is 0.364. The van der Waals surface area contributed by atoms with Crippen molar-refractivity contribution in [1.82, 2.24) is 0 Å². The SMILES string of the molecule is CC1CC1Nc1cc(Br)cc(C#N)c1. The molecule has 1 aromatic carbocycles. The van der Waals surface area contributed by atoms with E-state index in [1.807, 2.05) is 18.2 Å². The van der Waals surface area contributed by atoms with E-state index < -0.39 is 0 Å². The molecule has 1 aromatic rings. The zero-order chi connectivity index (χ0) is 10.1. The predicted octanol–water partition coefficient (Wildman–Crippen LogP) is 3.14. The van der Waals surface area contributed by atoms with Crippen molar-refractivity contribution in [3.05, 3.63) is 28.2 Å². The molecule has 1 saturated carbocycles. The summed E-state index contributed by atoms with van der Waals surface area (Å²) in [6.07, 6.45) is 1.23. The van der Waals surface area contributed by atoms with Crippen molar-refractivity contribution >= 4 is 21.6 Å². The molecule has 1 aliphatic rings. The summed E-state index contributed by atoms with van der Waals surface area (Å²) in [6.45, 7) is 2.22. The van der Waals surface area contributed by atoms with Gasteiger partial charge in [0.2, 0.25) is 0 Å². The van der Waals surface area contributed by atoms with Gasteiger partial charge in [0.25, 0.3) is 0 Å². The second-order valence-electron chi connectivity index (χ2n) is 3.80. The Morgan fingerprint density at radius 2 is 2.21 bits per heavy atom. The molecule has 0 radical (unpaired) electrons. The number of nitrogens with one attached hydrogen (secondary N) is 1. The molecule has 3 heteroatoms. The van der Waals surface area contributed by atoms with Crippen LogP contribution in [-0.2, 0) is 0 Å². The predicted molar refractivity (Wildman–Crippen MR) is 60.0 cm³/mol. The van der Waals surface area contributed by atoms with Crippen molar-refractivity contribution in [3.8, 4) is 6.07 Å². The fourth-order valence-electron chi connectivity index (χ4n) is 1.47. The third kappa shape index (κ3) is 2.08. The fourth-order valence-corrected chi connectivity index (χ4v) is 1.97. The molecule has 2 atom stereocenters. The van der Waals surface area contributed by atoms with Crippen molar-refractivity contribution in [2.24, 2.45) is 5.92 Å². The Hall–Kier alpha value is -1.01. The maximum atomic E-state index is 8.79. The van der Waals surface area contributed by atoms with Crippen LogP contribution in [0.25, 0.3) is 0 Å². The highest BCUT2D eigenvalue weighted by Gasteiger charge is 2.32. The lowest BCUT2D eigenvalue weighted by Gasteiger charge is -2.05. The zero-order valence-corrected chi connectivity index (χ0v) is 9.51. The average Bonchev–Trinajstić information content (AvgIpc) is 2.80. The van der Waals surface area contributed by atoms with Crippen LogP contribution in [0.2, 0.25) is 0 Å². The van der Waals surface area contributed by atoms with Gasteiger partial charge in [0.1, 0.15) is 0 Å². The summed E-state index contributed by atoms with van der Waals surface area (Å²) in [4.78, 5) is 0. The lowest BCUT2D eigenvalue weighted by atomic mass is 10.2. The van der Waals surface area contributed by atoms with Gasteiger partial charge in [-0.05, 0) is 30.5 Å². The molecule has 1 fully saturated rings. The van der Waals surface area contributed by atoms with E-state index in [1.54, 1.807) is 0 Å². The van der Waals surface area contributed by atoms with E-state index in [9.17, 15) is 0 Å². The van der Waals surface area contributed by atoms with Gasteiger partial charge in [-0.1, -0.05) is 22.9 Å². The van der Waals surface area contributed by atoms with Gasteiger partial charge in [0.05, 0.1) is 11.6 Å². The Morgan fingerprint density at radius 1 is 1.50 bits per heavy atom. The molecule has 0 spiro atoms. The third-order valence-electron chi connectivity index (χ3n) is 2.49. The summed E-state index contributed by atoms with van der Waals surface area (Å²) in [5, 5.41) is 12.2. The van der Waals surface area contributed by atoms with Gasteiger partial charge in [-0.2, -0.15) is 5.26 Å². The number of hydrogen-bond acceptors (Lipinski definition) is 2. The van der Waals surface area contributed by atoms with Gasteiger partial charge in [0, 0.05) is 16.2 Å². The minimum Gasteiger partial charge on any atom is -0.382 e. The summed E-state index contributed by atoms with van der Waals surface area (Å²) in [6, 6.07) is 8.45. The highest BCUT2D eigenvalue weighted by atomic mass is 79.9. The van der Waals surface area contributed by atoms with Gasteiger partial charge in [-0.25, -0.2) is 0 Å². The zero-order valence-electron chi connectivity index (χ0n) is 7.92. The van der Waals surface area contributed by atoms with Gasteiger partial charge in [0.15, 0.2) is 0 Å². The van der Waals surface area contributed by atoms with E-state index in [-0.39, 0.29) is 0 Å². The first-order chi connectivity index (χ1) is 6.69. The molecule has 0 heterocycles. The Morgan fingerprint density at radius 3 is 2.79 bits per heavy atom. The number of benzene rings is 1. The summed E-state index contributed by atoms with van der Waals surface area (Å²) < 4.78 is 0.951. The van der Waals surface area contributed by atoms with E-state index in [2.05, 4.69) is 34.2 Å². The number of nitrogens with zero attached hydrogens (tertiary/aromatic N) is 1. The summed E-state index contributed by atoms with van der Waals surface area (Å²) >= 11 is 3.39. The molecule has 14 heavy (non-hydrogen) atoms. The Labute approximate surface area is 92.1 Å². The standard InChI is InChI=1S/C11H11BrN2/c1-7-2-11(7)14-10-4-8(6-13)3-9(12)5-10/h3-5,7,11,14H,2H2,1H3. The molecule has 0 aliphatic heterocycles.